The lowest BCUT2D eigenvalue weighted by molar-refractivity contribution is -0.133. The van der Waals surface area contributed by atoms with Crippen LogP contribution in [0.3, 0.4) is 0 Å². The molecule has 1 aliphatic heterocycles. The summed E-state index contributed by atoms with van der Waals surface area (Å²) in [6.45, 7) is 0.282. The molecule has 0 radical (unpaired) electrons. The number of sulfonamides is 1. The molecule has 1 fully saturated rings. The third-order valence-corrected chi connectivity index (χ3v) is 5.34. The summed E-state index contributed by atoms with van der Waals surface area (Å²) in [5.41, 5.74) is 5.15. The molecule has 4 N–H and O–H groups in total. The highest BCUT2D eigenvalue weighted by molar-refractivity contribution is 7.89. The molecule has 0 bridgehead atoms. The molecule has 8 nitrogen and oxygen atoms in total. The van der Waals surface area contributed by atoms with Crippen LogP contribution in [0.1, 0.15) is 12.8 Å². The fourth-order valence-electron chi connectivity index (χ4n) is 2.58. The monoisotopic (exact) mass is 372 g/mol. The smallest absolute Gasteiger partial charge is 0.242 e. The highest BCUT2D eigenvalue weighted by Gasteiger charge is 2.27. The normalized spacial score (nSPS) is 18.0. The molecule has 25 heavy (non-hydrogen) atoms. The van der Waals surface area contributed by atoms with Crippen molar-refractivity contribution in [2.24, 2.45) is 5.73 Å². The number of piperidine rings is 1. The van der Waals surface area contributed by atoms with E-state index in [4.69, 9.17) is 5.73 Å². The molecule has 1 unspecified atom stereocenters. The van der Waals surface area contributed by atoms with Crippen molar-refractivity contribution in [1.29, 1.82) is 0 Å². The number of likely N-dealkylation sites (tertiary alicyclic amines) is 1. The molecule has 1 aromatic carbocycles. The van der Waals surface area contributed by atoms with Crippen LogP contribution in [-0.4, -0.2) is 57.4 Å². The maximum atomic E-state index is 13.2. The number of hydrogen-bond acceptors (Lipinski definition) is 5. The van der Waals surface area contributed by atoms with Gasteiger partial charge in [-0.1, -0.05) is 6.07 Å². The molecular weight excluding hydrogens is 351 g/mol. The highest BCUT2D eigenvalue weighted by Crippen LogP contribution is 2.15. The first-order valence-corrected chi connectivity index (χ1v) is 9.32. The molecule has 0 saturated carbocycles. The second-order valence-corrected chi connectivity index (χ2v) is 7.45. The van der Waals surface area contributed by atoms with Gasteiger partial charge in [-0.15, -0.1) is 0 Å². The fraction of sp³-hybridized carbons (Fsp3) is 0.467. The van der Waals surface area contributed by atoms with E-state index in [0.29, 0.717) is 19.4 Å². The third kappa shape index (κ3) is 5.48. The van der Waals surface area contributed by atoms with Gasteiger partial charge in [0.25, 0.3) is 0 Å². The van der Waals surface area contributed by atoms with E-state index in [9.17, 15) is 22.4 Å². The van der Waals surface area contributed by atoms with Crippen LogP contribution in [0.15, 0.2) is 29.2 Å². The van der Waals surface area contributed by atoms with Gasteiger partial charge >= 0.3 is 0 Å². The second kappa shape index (κ2) is 8.37. The second-order valence-electron chi connectivity index (χ2n) is 5.74. The lowest BCUT2D eigenvalue weighted by Crippen LogP contribution is -2.51. The summed E-state index contributed by atoms with van der Waals surface area (Å²) in [6.07, 6.45) is 1.18. The molecule has 1 saturated heterocycles. The summed E-state index contributed by atoms with van der Waals surface area (Å²) in [5, 5.41) is 2.39. The van der Waals surface area contributed by atoms with Crippen LogP contribution >= 0.6 is 0 Å². The lowest BCUT2D eigenvalue weighted by Gasteiger charge is -2.33. The molecule has 0 aromatic heterocycles. The minimum absolute atomic E-state index is 0.161. The molecule has 2 rings (SSSR count). The zero-order valence-electron chi connectivity index (χ0n) is 13.6. The van der Waals surface area contributed by atoms with Crippen molar-refractivity contribution in [1.82, 2.24) is 14.9 Å². The Balaban J connectivity index is 1.96. The summed E-state index contributed by atoms with van der Waals surface area (Å²) in [6, 6.07) is 4.25. The number of carbonyl (C=O) groups is 2. The van der Waals surface area contributed by atoms with Crippen LogP contribution in [-0.2, 0) is 19.6 Å². The van der Waals surface area contributed by atoms with Crippen LogP contribution in [0.25, 0.3) is 0 Å². The topological polar surface area (TPSA) is 122 Å². The fourth-order valence-corrected chi connectivity index (χ4v) is 3.87. The molecule has 1 atom stereocenters. The molecule has 0 aliphatic carbocycles. The van der Waals surface area contributed by atoms with Gasteiger partial charge in [0.1, 0.15) is 5.82 Å². The number of hydrogen-bond donors (Lipinski definition) is 3. The van der Waals surface area contributed by atoms with Crippen molar-refractivity contribution in [2.75, 3.05) is 26.2 Å². The van der Waals surface area contributed by atoms with Gasteiger partial charge in [-0.25, -0.2) is 17.5 Å². The van der Waals surface area contributed by atoms with Crippen LogP contribution in [0.4, 0.5) is 4.39 Å². The van der Waals surface area contributed by atoms with E-state index < -0.39 is 27.8 Å². The zero-order valence-corrected chi connectivity index (χ0v) is 14.4. The van der Waals surface area contributed by atoms with Crippen molar-refractivity contribution in [3.63, 3.8) is 0 Å². The first-order chi connectivity index (χ1) is 11.8. The third-order valence-electron chi connectivity index (χ3n) is 3.82. The van der Waals surface area contributed by atoms with Crippen LogP contribution in [0.2, 0.25) is 0 Å². The predicted molar refractivity (Wildman–Crippen MR) is 88.4 cm³/mol. The van der Waals surface area contributed by atoms with Crippen molar-refractivity contribution in [3.8, 4) is 0 Å². The van der Waals surface area contributed by atoms with E-state index in [2.05, 4.69) is 10.0 Å². The number of nitrogens with one attached hydrogen (secondary N) is 2. The van der Waals surface area contributed by atoms with Gasteiger partial charge < -0.3 is 16.0 Å². The molecule has 10 heteroatoms. The summed E-state index contributed by atoms with van der Waals surface area (Å²) in [4.78, 5) is 24.5. The maximum Gasteiger partial charge on any atom is 0.242 e. The van der Waals surface area contributed by atoms with Gasteiger partial charge in [0.15, 0.2) is 0 Å². The molecule has 1 aromatic rings. The quantitative estimate of drug-likeness (QED) is 0.602. The van der Waals surface area contributed by atoms with E-state index in [1.807, 2.05) is 0 Å². The first-order valence-electron chi connectivity index (χ1n) is 7.84. The molecule has 2 amide bonds. The van der Waals surface area contributed by atoms with Crippen LogP contribution in [0, 0.1) is 5.82 Å². The van der Waals surface area contributed by atoms with Gasteiger partial charge in [-0.2, -0.15) is 0 Å². The largest absolute Gasteiger partial charge is 0.346 e. The van der Waals surface area contributed by atoms with Gasteiger partial charge in [0.05, 0.1) is 18.0 Å². The first kappa shape index (κ1) is 19.3. The van der Waals surface area contributed by atoms with Gasteiger partial charge in [-0.3, -0.25) is 9.59 Å². The number of benzene rings is 1. The van der Waals surface area contributed by atoms with Crippen LogP contribution in [0.5, 0.6) is 0 Å². The summed E-state index contributed by atoms with van der Waals surface area (Å²) >= 11 is 0. The molecule has 1 aliphatic rings. The maximum absolute atomic E-state index is 13.2. The minimum atomic E-state index is -3.88. The Morgan fingerprint density at radius 1 is 1.36 bits per heavy atom. The Hall–Kier alpha value is -2.04. The van der Waals surface area contributed by atoms with Crippen molar-refractivity contribution in [2.45, 2.75) is 23.8 Å². The number of rotatable bonds is 6. The number of nitrogens with zero attached hydrogens (tertiary/aromatic N) is 1. The molecule has 0 spiro atoms. The van der Waals surface area contributed by atoms with E-state index >= 15 is 0 Å². The van der Waals surface area contributed by atoms with E-state index in [0.717, 1.165) is 12.1 Å². The Bertz CT molecular complexity index is 741. The van der Waals surface area contributed by atoms with Gasteiger partial charge in [0, 0.05) is 19.1 Å². The average molecular weight is 372 g/mol. The molecule has 1 heterocycles. The minimum Gasteiger partial charge on any atom is -0.346 e. The zero-order chi connectivity index (χ0) is 18.4. The predicted octanol–water partition coefficient (Wildman–Crippen LogP) is -0.830. The summed E-state index contributed by atoms with van der Waals surface area (Å²) < 4.78 is 40.4. The van der Waals surface area contributed by atoms with E-state index in [-0.39, 0.29) is 30.4 Å². The Kier molecular flexibility index (Phi) is 6.45. The Morgan fingerprint density at radius 2 is 2.12 bits per heavy atom. The van der Waals surface area contributed by atoms with Crippen molar-refractivity contribution in [3.05, 3.63) is 30.1 Å². The number of nitrogens with two attached hydrogens (primary N) is 1. The Morgan fingerprint density at radius 3 is 2.80 bits per heavy atom. The van der Waals surface area contributed by atoms with Crippen molar-refractivity contribution >= 4 is 21.8 Å². The van der Waals surface area contributed by atoms with E-state index in [1.165, 1.54) is 17.0 Å². The van der Waals surface area contributed by atoms with Crippen LogP contribution < -0.4 is 15.8 Å². The Labute approximate surface area is 145 Å². The van der Waals surface area contributed by atoms with Gasteiger partial charge in [-0.05, 0) is 31.0 Å². The average Bonchev–Trinajstić information content (AvgIpc) is 2.59. The molecular formula is C15H21FN4O4S. The molecule has 138 valence electrons. The SMILES string of the molecule is NCC(=O)NCC(=O)N1CCCC(NS(=O)(=O)c2cccc(F)c2)C1. The summed E-state index contributed by atoms with van der Waals surface area (Å²) in [7, 11) is -3.88. The standard InChI is InChI=1S/C15H21FN4O4S/c16-11-3-1-5-13(7-11)25(23,24)19-12-4-2-6-20(10-12)15(22)9-18-14(21)8-17/h1,3,5,7,12,19H,2,4,6,8-10,17H2,(H,18,21). The van der Waals surface area contributed by atoms with E-state index in [1.54, 1.807) is 0 Å². The number of halogens is 1. The summed E-state index contributed by atoms with van der Waals surface area (Å²) in [5.74, 6) is -1.39. The van der Waals surface area contributed by atoms with Crippen molar-refractivity contribution < 1.29 is 22.4 Å². The number of carbonyl (C=O) groups excluding carboxylic acids is 2. The highest BCUT2D eigenvalue weighted by atomic mass is 32.2. The van der Waals surface area contributed by atoms with Gasteiger partial charge in [0.2, 0.25) is 21.8 Å². The lowest BCUT2D eigenvalue weighted by atomic mass is 10.1. The number of amides is 2.